The molecule has 134 valence electrons. The predicted octanol–water partition coefficient (Wildman–Crippen LogP) is 3.49. The lowest BCUT2D eigenvalue weighted by molar-refractivity contribution is -0.402. The lowest BCUT2D eigenvalue weighted by atomic mass is 9.51. The van der Waals surface area contributed by atoms with E-state index in [2.05, 4.69) is 10.5 Å². The molecule has 4 aliphatic rings. The molecule has 0 atom stereocenters. The molecule has 1 amide bonds. The molecule has 4 bridgehead atoms. The molecule has 1 aromatic heterocycles. The van der Waals surface area contributed by atoms with Crippen molar-refractivity contribution in [3.8, 4) is 0 Å². The van der Waals surface area contributed by atoms with Gasteiger partial charge in [-0.1, -0.05) is 0 Å². The lowest BCUT2D eigenvalue weighted by Crippen LogP contribution is -2.45. The number of rotatable bonds is 6. The van der Waals surface area contributed by atoms with Crippen molar-refractivity contribution < 1.29 is 14.1 Å². The number of nitrogens with one attached hydrogen (secondary N) is 1. The van der Waals surface area contributed by atoms with Crippen LogP contribution in [-0.4, -0.2) is 17.0 Å². The van der Waals surface area contributed by atoms with E-state index in [0.717, 1.165) is 30.1 Å². The summed E-state index contributed by atoms with van der Waals surface area (Å²) in [5, 5.41) is 14.4. The quantitative estimate of drug-likeness (QED) is 0.485. The third-order valence-corrected chi connectivity index (χ3v) is 6.30. The molecule has 4 fully saturated rings. The van der Waals surface area contributed by atoms with Crippen LogP contribution in [0.4, 0.5) is 5.88 Å². The molecular weight excluding hydrogens is 322 g/mol. The summed E-state index contributed by atoms with van der Waals surface area (Å²) < 4.78 is 4.95. The Morgan fingerprint density at radius 2 is 1.92 bits per heavy atom. The molecule has 1 aromatic rings. The van der Waals surface area contributed by atoms with Crippen LogP contribution in [0.5, 0.6) is 0 Å². The van der Waals surface area contributed by atoms with Crippen LogP contribution in [0, 0.1) is 39.7 Å². The van der Waals surface area contributed by atoms with Crippen molar-refractivity contribution in [2.75, 3.05) is 0 Å². The Labute approximate surface area is 146 Å². The van der Waals surface area contributed by atoms with Crippen molar-refractivity contribution >= 4 is 18.0 Å². The van der Waals surface area contributed by atoms with Crippen LogP contribution in [0.1, 0.15) is 50.7 Å². The van der Waals surface area contributed by atoms with Crippen LogP contribution in [0.3, 0.4) is 0 Å². The van der Waals surface area contributed by atoms with Crippen LogP contribution in [0.2, 0.25) is 0 Å². The topological polar surface area (TPSA) is 97.7 Å². The zero-order valence-electron chi connectivity index (χ0n) is 14.1. The maximum atomic E-state index is 12.0. The summed E-state index contributed by atoms with van der Waals surface area (Å²) in [5.74, 6) is 4.07. The fourth-order valence-electron chi connectivity index (χ4n) is 5.54. The van der Waals surface area contributed by atoms with E-state index in [9.17, 15) is 14.9 Å². The number of amides is 1. The summed E-state index contributed by atoms with van der Waals surface area (Å²) in [7, 11) is 0. The second-order valence-corrected chi connectivity index (χ2v) is 7.86. The van der Waals surface area contributed by atoms with Crippen LogP contribution >= 0.6 is 0 Å². The standard InChI is InChI=1S/C18H23N3O4/c22-17(20-19-10-15-1-4-18(25-15)21(23)24)3-2-16-13-6-11-5-12(8-13)9-14(16)7-11/h1,4,10-14,16H,2-3,5-9H2,(H,20,22)/b19-10+. The normalized spacial score (nSPS) is 33.0. The SMILES string of the molecule is O=C(CCC1C2CC3CC(C2)CC1C3)N/N=C/c1ccc([N+](=O)[O-])o1. The van der Waals surface area contributed by atoms with Crippen LogP contribution in [0.15, 0.2) is 21.7 Å². The van der Waals surface area contributed by atoms with Crippen LogP contribution in [-0.2, 0) is 4.79 Å². The molecule has 0 aromatic carbocycles. The maximum Gasteiger partial charge on any atom is 0.433 e. The first-order chi connectivity index (χ1) is 12.1. The van der Waals surface area contributed by atoms with Gasteiger partial charge >= 0.3 is 5.88 Å². The number of nitrogens with zero attached hydrogens (tertiary/aromatic N) is 2. The minimum Gasteiger partial charge on any atom is -0.400 e. The number of carbonyl (C=O) groups is 1. The van der Waals surface area contributed by atoms with Gasteiger partial charge in [0.2, 0.25) is 5.91 Å². The van der Waals surface area contributed by atoms with E-state index in [1.807, 2.05) is 0 Å². The molecule has 5 rings (SSSR count). The van der Waals surface area contributed by atoms with E-state index in [1.165, 1.54) is 50.5 Å². The predicted molar refractivity (Wildman–Crippen MR) is 90.9 cm³/mol. The van der Waals surface area contributed by atoms with Crippen LogP contribution < -0.4 is 5.43 Å². The van der Waals surface area contributed by atoms with E-state index in [4.69, 9.17) is 4.42 Å². The highest BCUT2D eigenvalue weighted by atomic mass is 16.6. The fraction of sp³-hybridized carbons (Fsp3) is 0.667. The average molecular weight is 345 g/mol. The molecule has 0 unspecified atom stereocenters. The molecule has 0 spiro atoms. The highest BCUT2D eigenvalue weighted by Crippen LogP contribution is 2.57. The van der Waals surface area contributed by atoms with E-state index in [1.54, 1.807) is 0 Å². The number of carbonyl (C=O) groups excluding carboxylic acids is 1. The molecule has 7 heteroatoms. The summed E-state index contributed by atoms with van der Waals surface area (Å²) in [6, 6.07) is 2.71. The van der Waals surface area contributed by atoms with Gasteiger partial charge in [0.15, 0.2) is 5.76 Å². The Balaban J connectivity index is 1.24. The maximum absolute atomic E-state index is 12.0. The monoisotopic (exact) mass is 345 g/mol. The summed E-state index contributed by atoms with van der Waals surface area (Å²) in [6.07, 6.45) is 9.64. The third-order valence-electron chi connectivity index (χ3n) is 6.30. The van der Waals surface area contributed by atoms with Gasteiger partial charge in [0, 0.05) is 6.42 Å². The van der Waals surface area contributed by atoms with E-state index in [-0.39, 0.29) is 17.6 Å². The Kier molecular flexibility index (Phi) is 4.31. The second-order valence-electron chi connectivity index (χ2n) is 7.86. The minimum absolute atomic E-state index is 0.105. The third kappa shape index (κ3) is 3.45. The summed E-state index contributed by atoms with van der Waals surface area (Å²) in [5.41, 5.74) is 2.49. The van der Waals surface area contributed by atoms with Gasteiger partial charge in [0.1, 0.15) is 4.92 Å². The van der Waals surface area contributed by atoms with Crippen molar-refractivity contribution in [3.05, 3.63) is 28.0 Å². The fourth-order valence-corrected chi connectivity index (χ4v) is 5.54. The number of nitro groups is 1. The summed E-state index contributed by atoms with van der Waals surface area (Å²) >= 11 is 0. The van der Waals surface area contributed by atoms with Crippen molar-refractivity contribution in [1.82, 2.24) is 5.43 Å². The molecule has 0 aliphatic heterocycles. The van der Waals surface area contributed by atoms with Gasteiger partial charge in [-0.3, -0.25) is 14.9 Å². The molecule has 7 nitrogen and oxygen atoms in total. The largest absolute Gasteiger partial charge is 0.433 e. The molecular formula is C18H23N3O4. The lowest BCUT2D eigenvalue weighted by Gasteiger charge is -2.54. The first kappa shape index (κ1) is 16.3. The number of furan rings is 1. The minimum atomic E-state index is -0.610. The summed E-state index contributed by atoms with van der Waals surface area (Å²) in [6.45, 7) is 0. The highest BCUT2D eigenvalue weighted by molar-refractivity contribution is 5.80. The molecule has 4 aliphatic carbocycles. The number of hydrogen-bond acceptors (Lipinski definition) is 5. The van der Waals surface area contributed by atoms with Crippen molar-refractivity contribution in [3.63, 3.8) is 0 Å². The molecule has 0 radical (unpaired) electrons. The van der Waals surface area contributed by atoms with Gasteiger partial charge in [-0.25, -0.2) is 5.43 Å². The van der Waals surface area contributed by atoms with Gasteiger partial charge in [-0.2, -0.15) is 5.10 Å². The van der Waals surface area contributed by atoms with Gasteiger partial charge in [-0.05, 0) is 74.2 Å². The van der Waals surface area contributed by atoms with Crippen molar-refractivity contribution in [1.29, 1.82) is 0 Å². The van der Waals surface area contributed by atoms with Gasteiger partial charge in [0.05, 0.1) is 12.3 Å². The van der Waals surface area contributed by atoms with E-state index >= 15 is 0 Å². The molecule has 4 saturated carbocycles. The highest BCUT2D eigenvalue weighted by Gasteiger charge is 2.47. The Hall–Kier alpha value is -2.18. The molecule has 0 saturated heterocycles. The summed E-state index contributed by atoms with van der Waals surface area (Å²) in [4.78, 5) is 21.9. The zero-order valence-corrected chi connectivity index (χ0v) is 14.1. The second kappa shape index (κ2) is 6.61. The molecule has 1 N–H and O–H groups in total. The number of hydrogen-bond donors (Lipinski definition) is 1. The Morgan fingerprint density at radius 1 is 1.24 bits per heavy atom. The smallest absolute Gasteiger partial charge is 0.400 e. The molecule has 25 heavy (non-hydrogen) atoms. The van der Waals surface area contributed by atoms with Gasteiger partial charge in [-0.15, -0.1) is 0 Å². The van der Waals surface area contributed by atoms with Crippen LogP contribution in [0.25, 0.3) is 0 Å². The number of hydrazone groups is 1. The van der Waals surface area contributed by atoms with Crippen molar-refractivity contribution in [2.45, 2.75) is 44.9 Å². The van der Waals surface area contributed by atoms with Gasteiger partial charge < -0.3 is 4.42 Å². The molecule has 1 heterocycles. The average Bonchev–Trinajstić information content (AvgIpc) is 3.03. The first-order valence-electron chi connectivity index (χ1n) is 9.14. The first-order valence-corrected chi connectivity index (χ1v) is 9.14. The van der Waals surface area contributed by atoms with Gasteiger partial charge in [0.25, 0.3) is 0 Å². The van der Waals surface area contributed by atoms with E-state index in [0.29, 0.717) is 12.3 Å². The van der Waals surface area contributed by atoms with E-state index < -0.39 is 4.92 Å². The van der Waals surface area contributed by atoms with Crippen molar-refractivity contribution in [2.24, 2.45) is 34.7 Å². The Bertz CT molecular complexity index is 668. The zero-order chi connectivity index (χ0) is 17.4. The Morgan fingerprint density at radius 3 is 2.52 bits per heavy atom.